The highest BCUT2D eigenvalue weighted by Gasteiger charge is 2.24. The zero-order valence-corrected chi connectivity index (χ0v) is 17.3. The first-order chi connectivity index (χ1) is 14.0. The molecule has 0 saturated carbocycles. The van der Waals surface area contributed by atoms with E-state index in [1.165, 1.54) is 7.11 Å². The summed E-state index contributed by atoms with van der Waals surface area (Å²) in [4.78, 5) is 28.6. The first kappa shape index (κ1) is 20.6. The zero-order valence-electron chi connectivity index (χ0n) is 15.7. The maximum absolute atomic E-state index is 12.1. The molecule has 0 aliphatic carbocycles. The maximum atomic E-state index is 12.1. The van der Waals surface area contributed by atoms with Gasteiger partial charge in [-0.2, -0.15) is 0 Å². The van der Waals surface area contributed by atoms with Gasteiger partial charge in [0.05, 0.1) is 19.1 Å². The van der Waals surface area contributed by atoms with E-state index in [1.807, 2.05) is 59.2 Å². The third kappa shape index (κ3) is 5.92. The number of methoxy groups -OCH3 is 1. The SMILES string of the molecule is COC(=O)[C@H](Cc1cn(-c2ccc(Br)cc2)cn1)NC(=O)OCc1ccccc1. The van der Waals surface area contributed by atoms with Crippen LogP contribution in [0.5, 0.6) is 0 Å². The van der Waals surface area contributed by atoms with Crippen LogP contribution >= 0.6 is 15.9 Å². The predicted octanol–water partition coefficient (Wildman–Crippen LogP) is 3.65. The molecule has 3 rings (SSSR count). The van der Waals surface area contributed by atoms with Crippen molar-refractivity contribution in [2.75, 3.05) is 7.11 Å². The van der Waals surface area contributed by atoms with Crippen molar-refractivity contribution in [3.8, 4) is 5.69 Å². The van der Waals surface area contributed by atoms with E-state index in [-0.39, 0.29) is 13.0 Å². The number of halogens is 1. The van der Waals surface area contributed by atoms with Crippen molar-refractivity contribution in [2.24, 2.45) is 0 Å². The Bertz CT molecular complexity index is 958. The van der Waals surface area contributed by atoms with Crippen LogP contribution in [0.3, 0.4) is 0 Å². The van der Waals surface area contributed by atoms with Gasteiger partial charge in [-0.1, -0.05) is 46.3 Å². The second-order valence-electron chi connectivity index (χ2n) is 6.23. The Kier molecular flexibility index (Phi) is 7.02. The van der Waals surface area contributed by atoms with Gasteiger partial charge in [-0.05, 0) is 29.8 Å². The molecule has 8 heteroatoms. The number of alkyl carbamates (subject to hydrolysis) is 1. The number of aromatic nitrogens is 2. The Balaban J connectivity index is 1.62. The number of carbonyl (C=O) groups is 2. The van der Waals surface area contributed by atoms with Crippen molar-refractivity contribution >= 4 is 28.0 Å². The highest BCUT2D eigenvalue weighted by molar-refractivity contribution is 9.10. The van der Waals surface area contributed by atoms with Crippen LogP contribution in [0.2, 0.25) is 0 Å². The Hall–Kier alpha value is -3.13. The molecular weight excluding hydrogens is 438 g/mol. The number of carbonyl (C=O) groups excluding carboxylic acids is 2. The summed E-state index contributed by atoms with van der Waals surface area (Å²) in [5, 5.41) is 2.55. The Morgan fingerprint density at radius 2 is 1.86 bits per heavy atom. The molecular formula is C21H20BrN3O4. The van der Waals surface area contributed by atoms with Crippen molar-refractivity contribution < 1.29 is 19.1 Å². The summed E-state index contributed by atoms with van der Waals surface area (Å²) in [5.41, 5.74) is 2.41. The monoisotopic (exact) mass is 457 g/mol. The van der Waals surface area contributed by atoms with Gasteiger partial charge >= 0.3 is 12.1 Å². The molecule has 0 radical (unpaired) electrons. The maximum Gasteiger partial charge on any atom is 0.408 e. The van der Waals surface area contributed by atoms with Crippen molar-refractivity contribution in [1.82, 2.24) is 14.9 Å². The Morgan fingerprint density at radius 1 is 1.14 bits per heavy atom. The van der Waals surface area contributed by atoms with Crippen molar-refractivity contribution in [3.05, 3.63) is 82.9 Å². The van der Waals surface area contributed by atoms with Gasteiger partial charge in [-0.25, -0.2) is 14.6 Å². The summed E-state index contributed by atoms with van der Waals surface area (Å²) in [6, 6.07) is 16.1. The van der Waals surface area contributed by atoms with E-state index in [4.69, 9.17) is 9.47 Å². The number of amides is 1. The third-order valence-electron chi connectivity index (χ3n) is 4.16. The Labute approximate surface area is 176 Å². The summed E-state index contributed by atoms with van der Waals surface area (Å²) in [6.07, 6.45) is 2.93. The smallest absolute Gasteiger partial charge is 0.408 e. The van der Waals surface area contributed by atoms with Gasteiger partial charge < -0.3 is 19.4 Å². The first-order valence-electron chi connectivity index (χ1n) is 8.89. The number of imidazole rings is 1. The highest BCUT2D eigenvalue weighted by Crippen LogP contribution is 2.15. The van der Waals surface area contributed by atoms with Crippen molar-refractivity contribution in [1.29, 1.82) is 0 Å². The van der Waals surface area contributed by atoms with Crippen LogP contribution in [0.4, 0.5) is 4.79 Å². The number of nitrogens with zero attached hydrogens (tertiary/aromatic N) is 2. The molecule has 7 nitrogen and oxygen atoms in total. The minimum absolute atomic E-state index is 0.110. The summed E-state index contributed by atoms with van der Waals surface area (Å²) in [6.45, 7) is 0.110. The van der Waals surface area contributed by atoms with E-state index in [1.54, 1.807) is 12.5 Å². The predicted molar refractivity (Wildman–Crippen MR) is 111 cm³/mol. The number of benzene rings is 2. The minimum atomic E-state index is -0.906. The molecule has 0 spiro atoms. The van der Waals surface area contributed by atoms with Crippen LogP contribution in [0.15, 0.2) is 71.6 Å². The third-order valence-corrected chi connectivity index (χ3v) is 4.69. The topological polar surface area (TPSA) is 82.5 Å². The van der Waals surface area contributed by atoms with Crippen LogP contribution in [-0.2, 0) is 27.3 Å². The molecule has 1 amide bonds. The number of esters is 1. The standard InChI is InChI=1S/C21H20BrN3O4/c1-28-20(26)19(24-21(27)29-13-15-5-3-2-4-6-15)11-17-12-25(14-23-17)18-9-7-16(22)8-10-18/h2-10,12,14,19H,11,13H2,1H3,(H,24,27)/t19-/m0/s1. The van der Waals surface area contributed by atoms with Crippen LogP contribution in [0, 0.1) is 0 Å². The quantitative estimate of drug-likeness (QED) is 0.547. The molecule has 1 atom stereocenters. The number of hydrogen-bond donors (Lipinski definition) is 1. The van der Waals surface area contributed by atoms with Crippen molar-refractivity contribution in [2.45, 2.75) is 19.1 Å². The fourth-order valence-electron chi connectivity index (χ4n) is 2.68. The molecule has 150 valence electrons. The second-order valence-corrected chi connectivity index (χ2v) is 7.15. The molecule has 3 aromatic rings. The number of nitrogens with one attached hydrogen (secondary N) is 1. The van der Waals surface area contributed by atoms with E-state index >= 15 is 0 Å². The van der Waals surface area contributed by atoms with Gasteiger partial charge in [0.15, 0.2) is 0 Å². The summed E-state index contributed by atoms with van der Waals surface area (Å²) >= 11 is 3.40. The first-order valence-corrected chi connectivity index (χ1v) is 9.68. The van der Waals surface area contributed by atoms with Gasteiger partial charge in [0.2, 0.25) is 0 Å². The molecule has 0 aliphatic rings. The molecule has 1 aromatic heterocycles. The van der Waals surface area contributed by atoms with Crippen LogP contribution in [0.1, 0.15) is 11.3 Å². The fraction of sp³-hybridized carbons (Fsp3) is 0.190. The average Bonchev–Trinajstić information content (AvgIpc) is 3.21. The average molecular weight is 458 g/mol. The van der Waals surface area contributed by atoms with E-state index in [0.717, 1.165) is 15.7 Å². The fourth-order valence-corrected chi connectivity index (χ4v) is 2.94. The van der Waals surface area contributed by atoms with Gasteiger partial charge in [-0.3, -0.25) is 0 Å². The lowest BCUT2D eigenvalue weighted by Gasteiger charge is -2.15. The molecule has 0 unspecified atom stereocenters. The second kappa shape index (κ2) is 9.88. The van der Waals surface area contributed by atoms with Gasteiger partial charge in [0, 0.05) is 22.8 Å². The summed E-state index contributed by atoms with van der Waals surface area (Å²) in [7, 11) is 1.27. The molecule has 2 aromatic carbocycles. The van der Waals surface area contributed by atoms with Gasteiger partial charge in [-0.15, -0.1) is 0 Å². The van der Waals surface area contributed by atoms with Crippen LogP contribution in [0.25, 0.3) is 5.69 Å². The van der Waals surface area contributed by atoms with E-state index in [0.29, 0.717) is 5.69 Å². The number of rotatable bonds is 7. The number of hydrogen-bond acceptors (Lipinski definition) is 5. The van der Waals surface area contributed by atoms with Gasteiger partial charge in [0.1, 0.15) is 12.6 Å². The normalized spacial score (nSPS) is 11.5. The minimum Gasteiger partial charge on any atom is -0.467 e. The van der Waals surface area contributed by atoms with Gasteiger partial charge in [0.25, 0.3) is 0 Å². The molecule has 29 heavy (non-hydrogen) atoms. The Morgan fingerprint density at radius 3 is 2.55 bits per heavy atom. The van der Waals surface area contributed by atoms with Crippen LogP contribution in [-0.4, -0.2) is 34.8 Å². The lowest BCUT2D eigenvalue weighted by atomic mass is 10.1. The summed E-state index contributed by atoms with van der Waals surface area (Å²) in [5.74, 6) is -0.570. The molecule has 0 saturated heterocycles. The van der Waals surface area contributed by atoms with E-state index in [9.17, 15) is 9.59 Å². The number of ether oxygens (including phenoxy) is 2. The molecule has 1 heterocycles. The molecule has 0 aliphatic heterocycles. The van der Waals surface area contributed by atoms with Crippen molar-refractivity contribution in [3.63, 3.8) is 0 Å². The lowest BCUT2D eigenvalue weighted by Crippen LogP contribution is -2.43. The highest BCUT2D eigenvalue weighted by atomic mass is 79.9. The largest absolute Gasteiger partial charge is 0.467 e. The van der Waals surface area contributed by atoms with E-state index in [2.05, 4.69) is 26.2 Å². The van der Waals surface area contributed by atoms with E-state index < -0.39 is 18.1 Å². The summed E-state index contributed by atoms with van der Waals surface area (Å²) < 4.78 is 12.8. The lowest BCUT2D eigenvalue weighted by molar-refractivity contribution is -0.143. The zero-order chi connectivity index (χ0) is 20.6. The molecule has 0 bridgehead atoms. The molecule has 1 N–H and O–H groups in total. The molecule has 0 fully saturated rings. The van der Waals surface area contributed by atoms with Crippen LogP contribution < -0.4 is 5.32 Å².